The third kappa shape index (κ3) is 3.89. The zero-order valence-electron chi connectivity index (χ0n) is 9.65. The Kier molecular flexibility index (Phi) is 4.25. The molecule has 0 unspecified atom stereocenters. The lowest BCUT2D eigenvalue weighted by atomic mass is 10.2. The van der Waals surface area contributed by atoms with Crippen LogP contribution in [0, 0.1) is 0 Å². The lowest BCUT2D eigenvalue weighted by Gasteiger charge is -2.06. The maximum absolute atomic E-state index is 10.5. The van der Waals surface area contributed by atoms with Crippen LogP contribution in [0.25, 0.3) is 6.08 Å². The summed E-state index contributed by atoms with van der Waals surface area (Å²) in [7, 11) is 0. The van der Waals surface area contributed by atoms with Crippen molar-refractivity contribution in [3.8, 4) is 11.6 Å². The summed E-state index contributed by atoms with van der Waals surface area (Å²) in [6, 6.07) is 5.16. The number of pyridine rings is 2. The van der Waals surface area contributed by atoms with Gasteiger partial charge >= 0.3 is 5.97 Å². The van der Waals surface area contributed by atoms with Crippen LogP contribution in [0.1, 0.15) is 5.56 Å². The van der Waals surface area contributed by atoms with Gasteiger partial charge in [-0.2, -0.15) is 0 Å². The first-order valence-electron chi connectivity index (χ1n) is 5.29. The van der Waals surface area contributed by atoms with E-state index in [4.69, 9.17) is 9.84 Å². The maximum atomic E-state index is 10.5. The van der Waals surface area contributed by atoms with Gasteiger partial charge in [0.05, 0.1) is 6.20 Å². The Hall–Kier alpha value is -2.21. The molecular formula is C13H9BrN2O3. The molecule has 0 atom stereocenters. The topological polar surface area (TPSA) is 72.3 Å². The van der Waals surface area contributed by atoms with E-state index in [0.29, 0.717) is 17.2 Å². The van der Waals surface area contributed by atoms with E-state index in [1.807, 2.05) is 0 Å². The van der Waals surface area contributed by atoms with E-state index >= 15 is 0 Å². The fraction of sp³-hybridized carbons (Fsp3) is 0. The predicted octanol–water partition coefficient (Wildman–Crippen LogP) is 3.13. The second kappa shape index (κ2) is 6.10. The molecule has 2 rings (SSSR count). The summed E-state index contributed by atoms with van der Waals surface area (Å²) in [4.78, 5) is 18.6. The molecule has 1 N–H and O–H groups in total. The summed E-state index contributed by atoms with van der Waals surface area (Å²) in [6.45, 7) is 0. The molecule has 96 valence electrons. The number of carboxylic acids is 1. The molecule has 19 heavy (non-hydrogen) atoms. The summed E-state index contributed by atoms with van der Waals surface area (Å²) in [6.07, 6.45) is 7.21. The second-order valence-electron chi connectivity index (χ2n) is 3.51. The molecule has 0 aliphatic carbocycles. The smallest absolute Gasteiger partial charge is 0.328 e. The standard InChI is InChI=1S/C13H9BrN2O3/c14-10-6-11(8-15-7-10)19-13-9(2-1-5-16-13)3-4-12(17)18/h1-8H,(H,17,18)/b4-3+. The molecule has 0 aromatic carbocycles. The van der Waals surface area contributed by atoms with Crippen LogP contribution in [-0.4, -0.2) is 21.0 Å². The number of ether oxygens (including phenoxy) is 1. The van der Waals surface area contributed by atoms with Crippen LogP contribution in [0.15, 0.2) is 47.3 Å². The van der Waals surface area contributed by atoms with Crippen molar-refractivity contribution in [3.63, 3.8) is 0 Å². The molecule has 0 bridgehead atoms. The Morgan fingerprint density at radius 3 is 3.00 bits per heavy atom. The average Bonchev–Trinajstić information content (AvgIpc) is 2.38. The highest BCUT2D eigenvalue weighted by molar-refractivity contribution is 9.10. The lowest BCUT2D eigenvalue weighted by Crippen LogP contribution is -1.92. The van der Waals surface area contributed by atoms with E-state index in [1.54, 1.807) is 36.8 Å². The monoisotopic (exact) mass is 320 g/mol. The van der Waals surface area contributed by atoms with Crippen molar-refractivity contribution in [2.24, 2.45) is 0 Å². The predicted molar refractivity (Wildman–Crippen MR) is 72.9 cm³/mol. The Morgan fingerprint density at radius 1 is 1.42 bits per heavy atom. The zero-order chi connectivity index (χ0) is 13.7. The van der Waals surface area contributed by atoms with Crippen LogP contribution in [0.4, 0.5) is 0 Å². The second-order valence-corrected chi connectivity index (χ2v) is 4.43. The van der Waals surface area contributed by atoms with E-state index in [1.165, 1.54) is 6.08 Å². The normalized spacial score (nSPS) is 10.6. The summed E-state index contributed by atoms with van der Waals surface area (Å²) >= 11 is 3.29. The molecule has 0 saturated heterocycles. The van der Waals surface area contributed by atoms with Gasteiger partial charge in [-0.05, 0) is 40.2 Å². The van der Waals surface area contributed by atoms with Gasteiger partial charge in [-0.1, -0.05) is 0 Å². The van der Waals surface area contributed by atoms with Crippen LogP contribution < -0.4 is 4.74 Å². The highest BCUT2D eigenvalue weighted by atomic mass is 79.9. The molecule has 0 amide bonds. The quantitative estimate of drug-likeness (QED) is 0.876. The largest absolute Gasteiger partial charge is 0.478 e. The number of aromatic nitrogens is 2. The Morgan fingerprint density at radius 2 is 2.26 bits per heavy atom. The first kappa shape index (κ1) is 13.2. The third-order valence-electron chi connectivity index (χ3n) is 2.10. The fourth-order valence-corrected chi connectivity index (χ4v) is 1.68. The van der Waals surface area contributed by atoms with Crippen molar-refractivity contribution in [1.29, 1.82) is 0 Å². The summed E-state index contributed by atoms with van der Waals surface area (Å²) in [5.41, 5.74) is 0.574. The fourth-order valence-electron chi connectivity index (χ4n) is 1.34. The number of hydrogen-bond donors (Lipinski definition) is 1. The first-order chi connectivity index (χ1) is 9.15. The SMILES string of the molecule is O=C(O)/C=C/c1cccnc1Oc1cncc(Br)c1. The highest BCUT2D eigenvalue weighted by Crippen LogP contribution is 2.25. The minimum atomic E-state index is -1.03. The summed E-state index contributed by atoms with van der Waals surface area (Å²) in [5.74, 6) is -0.197. The van der Waals surface area contributed by atoms with E-state index < -0.39 is 5.97 Å². The van der Waals surface area contributed by atoms with Crippen LogP contribution in [0.2, 0.25) is 0 Å². The van der Waals surface area contributed by atoms with Gasteiger partial charge in [-0.3, -0.25) is 4.98 Å². The maximum Gasteiger partial charge on any atom is 0.328 e. The minimum Gasteiger partial charge on any atom is -0.478 e. The van der Waals surface area contributed by atoms with Crippen LogP contribution in [0.3, 0.4) is 0 Å². The van der Waals surface area contributed by atoms with Crippen molar-refractivity contribution in [2.75, 3.05) is 0 Å². The molecule has 5 nitrogen and oxygen atoms in total. The van der Waals surface area contributed by atoms with E-state index in [9.17, 15) is 4.79 Å². The zero-order valence-corrected chi connectivity index (χ0v) is 11.2. The molecular weight excluding hydrogens is 312 g/mol. The number of halogens is 1. The number of nitrogens with zero attached hydrogens (tertiary/aromatic N) is 2. The van der Waals surface area contributed by atoms with Gasteiger partial charge in [0.1, 0.15) is 5.75 Å². The molecule has 0 spiro atoms. The van der Waals surface area contributed by atoms with E-state index in [-0.39, 0.29) is 0 Å². The van der Waals surface area contributed by atoms with E-state index in [0.717, 1.165) is 10.5 Å². The molecule has 0 fully saturated rings. The van der Waals surface area contributed by atoms with Gasteiger partial charge in [0, 0.05) is 28.5 Å². The Labute approximate surface area is 117 Å². The van der Waals surface area contributed by atoms with Crippen molar-refractivity contribution in [2.45, 2.75) is 0 Å². The molecule has 0 saturated carbocycles. The van der Waals surface area contributed by atoms with Gasteiger partial charge in [0.2, 0.25) is 5.88 Å². The van der Waals surface area contributed by atoms with Gasteiger partial charge < -0.3 is 9.84 Å². The number of carboxylic acid groups (broad SMARTS) is 1. The van der Waals surface area contributed by atoms with Crippen molar-refractivity contribution >= 4 is 28.0 Å². The van der Waals surface area contributed by atoms with Crippen molar-refractivity contribution in [1.82, 2.24) is 9.97 Å². The third-order valence-corrected chi connectivity index (χ3v) is 2.53. The van der Waals surface area contributed by atoms with Gasteiger partial charge in [-0.15, -0.1) is 0 Å². The highest BCUT2D eigenvalue weighted by Gasteiger charge is 2.04. The molecule has 2 aromatic rings. The molecule has 0 aliphatic heterocycles. The summed E-state index contributed by atoms with van der Waals surface area (Å²) < 4.78 is 6.36. The summed E-state index contributed by atoms with van der Waals surface area (Å²) in [5, 5.41) is 8.63. The Bertz CT molecular complexity index is 629. The van der Waals surface area contributed by atoms with Gasteiger partial charge in [0.25, 0.3) is 0 Å². The van der Waals surface area contributed by atoms with Crippen molar-refractivity contribution < 1.29 is 14.6 Å². The number of rotatable bonds is 4. The molecule has 2 aromatic heterocycles. The van der Waals surface area contributed by atoms with Crippen LogP contribution in [-0.2, 0) is 4.79 Å². The van der Waals surface area contributed by atoms with Gasteiger partial charge in [0.15, 0.2) is 0 Å². The first-order valence-corrected chi connectivity index (χ1v) is 6.09. The number of hydrogen-bond acceptors (Lipinski definition) is 4. The lowest BCUT2D eigenvalue weighted by molar-refractivity contribution is -0.131. The average molecular weight is 321 g/mol. The van der Waals surface area contributed by atoms with Crippen LogP contribution in [0.5, 0.6) is 11.6 Å². The minimum absolute atomic E-state index is 0.319. The molecule has 0 aliphatic rings. The van der Waals surface area contributed by atoms with E-state index in [2.05, 4.69) is 25.9 Å². The molecule has 2 heterocycles. The molecule has 0 radical (unpaired) electrons. The number of carbonyl (C=O) groups is 1. The van der Waals surface area contributed by atoms with Gasteiger partial charge in [-0.25, -0.2) is 9.78 Å². The number of aliphatic carboxylic acids is 1. The Balaban J connectivity index is 2.27. The van der Waals surface area contributed by atoms with Crippen LogP contribution >= 0.6 is 15.9 Å². The van der Waals surface area contributed by atoms with Crippen molar-refractivity contribution in [3.05, 3.63) is 52.9 Å². The molecule has 6 heteroatoms.